The lowest BCUT2D eigenvalue weighted by molar-refractivity contribution is 0.0827. The number of carbonyl (C=O) groups excluding carboxylic acids is 1. The van der Waals surface area contributed by atoms with Crippen LogP contribution in [0.5, 0.6) is 5.75 Å². The standard InChI is InChI=1S/C19H20N4O3/c1-23(2)19(24)14-5-4-6-15(11-14)20-12-17-21-18(22-26-17)13-7-9-16(25-3)10-8-13/h4-11,20H,12H2,1-3H3. The van der Waals surface area contributed by atoms with E-state index in [1.54, 1.807) is 33.3 Å². The average Bonchev–Trinajstić information content (AvgIpc) is 3.15. The van der Waals surface area contributed by atoms with E-state index >= 15 is 0 Å². The molecule has 0 radical (unpaired) electrons. The molecule has 3 rings (SSSR count). The molecular weight excluding hydrogens is 332 g/mol. The number of hydrogen-bond donors (Lipinski definition) is 1. The van der Waals surface area contributed by atoms with Gasteiger partial charge < -0.3 is 19.5 Å². The Hall–Kier alpha value is -3.35. The van der Waals surface area contributed by atoms with Crippen LogP contribution < -0.4 is 10.1 Å². The molecule has 0 aliphatic carbocycles. The van der Waals surface area contributed by atoms with Crippen LogP contribution >= 0.6 is 0 Å². The Morgan fingerprint density at radius 1 is 1.19 bits per heavy atom. The zero-order valence-electron chi connectivity index (χ0n) is 14.9. The SMILES string of the molecule is COc1ccc(-c2noc(CNc3cccc(C(=O)N(C)C)c3)n2)cc1. The summed E-state index contributed by atoms with van der Waals surface area (Å²) in [6.07, 6.45) is 0. The average molecular weight is 352 g/mol. The number of nitrogens with zero attached hydrogens (tertiary/aromatic N) is 3. The quantitative estimate of drug-likeness (QED) is 0.734. The fourth-order valence-corrected chi connectivity index (χ4v) is 2.38. The largest absolute Gasteiger partial charge is 0.497 e. The summed E-state index contributed by atoms with van der Waals surface area (Å²) in [5.74, 6) is 1.70. The van der Waals surface area contributed by atoms with Crippen LogP contribution in [0.3, 0.4) is 0 Å². The van der Waals surface area contributed by atoms with Gasteiger partial charge in [-0.05, 0) is 42.5 Å². The van der Waals surface area contributed by atoms with Crippen molar-refractivity contribution in [3.05, 3.63) is 60.0 Å². The molecule has 0 aliphatic heterocycles. The summed E-state index contributed by atoms with van der Waals surface area (Å²) in [4.78, 5) is 17.9. The van der Waals surface area contributed by atoms with Gasteiger partial charge in [-0.3, -0.25) is 4.79 Å². The highest BCUT2D eigenvalue weighted by Gasteiger charge is 2.10. The first kappa shape index (κ1) is 17.5. The lowest BCUT2D eigenvalue weighted by Gasteiger charge is -2.11. The fourth-order valence-electron chi connectivity index (χ4n) is 2.38. The van der Waals surface area contributed by atoms with E-state index in [9.17, 15) is 4.79 Å². The molecule has 7 nitrogen and oxygen atoms in total. The maximum atomic E-state index is 12.0. The molecule has 0 saturated heterocycles. The van der Waals surface area contributed by atoms with E-state index in [1.165, 1.54) is 4.90 Å². The second-order valence-corrected chi connectivity index (χ2v) is 5.87. The summed E-state index contributed by atoms with van der Waals surface area (Å²) in [5, 5.41) is 7.19. The Bertz CT molecular complexity index is 888. The third kappa shape index (κ3) is 4.00. The minimum atomic E-state index is -0.0479. The summed E-state index contributed by atoms with van der Waals surface area (Å²) in [6.45, 7) is 0.364. The van der Waals surface area contributed by atoms with Crippen LogP contribution in [0.4, 0.5) is 5.69 Å². The van der Waals surface area contributed by atoms with Crippen molar-refractivity contribution in [1.82, 2.24) is 15.0 Å². The van der Waals surface area contributed by atoms with Gasteiger partial charge in [-0.15, -0.1) is 0 Å². The fraction of sp³-hybridized carbons (Fsp3) is 0.211. The van der Waals surface area contributed by atoms with E-state index in [0.717, 1.165) is 17.0 Å². The molecule has 0 saturated carbocycles. The number of amides is 1. The predicted molar refractivity (Wildman–Crippen MR) is 98.1 cm³/mol. The molecule has 1 amide bonds. The van der Waals surface area contributed by atoms with E-state index in [4.69, 9.17) is 9.26 Å². The van der Waals surface area contributed by atoms with Crippen LogP contribution in [0, 0.1) is 0 Å². The monoisotopic (exact) mass is 352 g/mol. The van der Waals surface area contributed by atoms with Gasteiger partial charge in [0.05, 0.1) is 13.7 Å². The highest BCUT2D eigenvalue weighted by molar-refractivity contribution is 5.94. The molecule has 0 spiro atoms. The van der Waals surface area contributed by atoms with E-state index in [-0.39, 0.29) is 5.91 Å². The highest BCUT2D eigenvalue weighted by Crippen LogP contribution is 2.20. The third-order valence-electron chi connectivity index (χ3n) is 3.78. The minimum Gasteiger partial charge on any atom is -0.497 e. The lowest BCUT2D eigenvalue weighted by atomic mass is 10.2. The lowest BCUT2D eigenvalue weighted by Crippen LogP contribution is -2.21. The van der Waals surface area contributed by atoms with Crippen LogP contribution in [-0.2, 0) is 6.54 Å². The summed E-state index contributed by atoms with van der Waals surface area (Å²) in [7, 11) is 5.07. The maximum absolute atomic E-state index is 12.0. The van der Waals surface area contributed by atoms with Crippen molar-refractivity contribution in [3.8, 4) is 17.1 Å². The van der Waals surface area contributed by atoms with Gasteiger partial charge in [0.2, 0.25) is 11.7 Å². The number of ether oxygens (including phenoxy) is 1. The molecule has 2 aromatic carbocycles. The molecule has 1 aromatic heterocycles. The van der Waals surface area contributed by atoms with E-state index in [1.807, 2.05) is 36.4 Å². The second kappa shape index (κ2) is 7.69. The first-order chi connectivity index (χ1) is 12.6. The van der Waals surface area contributed by atoms with Crippen molar-refractivity contribution < 1.29 is 14.1 Å². The number of carbonyl (C=O) groups is 1. The van der Waals surface area contributed by atoms with Gasteiger partial charge in [-0.25, -0.2) is 0 Å². The highest BCUT2D eigenvalue weighted by atomic mass is 16.5. The van der Waals surface area contributed by atoms with Gasteiger partial charge >= 0.3 is 0 Å². The second-order valence-electron chi connectivity index (χ2n) is 5.87. The number of nitrogens with one attached hydrogen (secondary N) is 1. The van der Waals surface area contributed by atoms with Gasteiger partial charge in [0.25, 0.3) is 5.91 Å². The number of hydrogen-bond acceptors (Lipinski definition) is 6. The molecule has 1 heterocycles. The van der Waals surface area contributed by atoms with Crippen LogP contribution in [0.15, 0.2) is 53.1 Å². The van der Waals surface area contributed by atoms with E-state index in [0.29, 0.717) is 23.8 Å². The molecule has 1 N–H and O–H groups in total. The minimum absolute atomic E-state index is 0.0479. The number of benzene rings is 2. The molecule has 3 aromatic rings. The van der Waals surface area contributed by atoms with Crippen LogP contribution in [0.25, 0.3) is 11.4 Å². The molecular formula is C19H20N4O3. The van der Waals surface area contributed by atoms with Crippen LogP contribution in [0.2, 0.25) is 0 Å². The molecule has 0 unspecified atom stereocenters. The van der Waals surface area contributed by atoms with Gasteiger partial charge in [0.15, 0.2) is 0 Å². The maximum Gasteiger partial charge on any atom is 0.253 e. The molecule has 7 heteroatoms. The Kier molecular flexibility index (Phi) is 5.17. The molecule has 26 heavy (non-hydrogen) atoms. The van der Waals surface area contributed by atoms with Gasteiger partial charge in [0, 0.05) is 30.9 Å². The molecule has 134 valence electrons. The van der Waals surface area contributed by atoms with Crippen molar-refractivity contribution in [2.24, 2.45) is 0 Å². The summed E-state index contributed by atoms with van der Waals surface area (Å²) in [5.41, 5.74) is 2.27. The topological polar surface area (TPSA) is 80.5 Å². The molecule has 0 bridgehead atoms. The third-order valence-corrected chi connectivity index (χ3v) is 3.78. The summed E-state index contributed by atoms with van der Waals surface area (Å²) < 4.78 is 10.4. The number of methoxy groups -OCH3 is 1. The van der Waals surface area contributed by atoms with Gasteiger partial charge in [-0.1, -0.05) is 11.2 Å². The van der Waals surface area contributed by atoms with E-state index < -0.39 is 0 Å². The Morgan fingerprint density at radius 2 is 1.96 bits per heavy atom. The van der Waals surface area contributed by atoms with Gasteiger partial charge in [0.1, 0.15) is 5.75 Å². The Labute approximate surface area is 151 Å². The zero-order valence-corrected chi connectivity index (χ0v) is 14.9. The van der Waals surface area contributed by atoms with E-state index in [2.05, 4.69) is 15.5 Å². The van der Waals surface area contributed by atoms with Crippen molar-refractivity contribution >= 4 is 11.6 Å². The summed E-state index contributed by atoms with van der Waals surface area (Å²) >= 11 is 0. The number of rotatable bonds is 6. The van der Waals surface area contributed by atoms with Crippen molar-refractivity contribution in [1.29, 1.82) is 0 Å². The molecule has 0 fully saturated rings. The molecule has 0 atom stereocenters. The number of anilines is 1. The molecule has 0 aliphatic rings. The van der Waals surface area contributed by atoms with Crippen molar-refractivity contribution in [2.75, 3.05) is 26.5 Å². The first-order valence-corrected chi connectivity index (χ1v) is 8.09. The smallest absolute Gasteiger partial charge is 0.253 e. The van der Waals surface area contributed by atoms with Gasteiger partial charge in [-0.2, -0.15) is 4.98 Å². The van der Waals surface area contributed by atoms with Crippen LogP contribution in [-0.4, -0.2) is 42.2 Å². The number of aromatic nitrogens is 2. The van der Waals surface area contributed by atoms with Crippen molar-refractivity contribution in [3.63, 3.8) is 0 Å². The van der Waals surface area contributed by atoms with Crippen molar-refractivity contribution in [2.45, 2.75) is 6.54 Å². The van der Waals surface area contributed by atoms with Crippen LogP contribution in [0.1, 0.15) is 16.2 Å². The normalized spacial score (nSPS) is 10.4. The Balaban J connectivity index is 1.66. The summed E-state index contributed by atoms with van der Waals surface area (Å²) in [6, 6.07) is 14.7. The zero-order chi connectivity index (χ0) is 18.5. The Morgan fingerprint density at radius 3 is 2.65 bits per heavy atom. The predicted octanol–water partition coefficient (Wildman–Crippen LogP) is 3.06. The first-order valence-electron chi connectivity index (χ1n) is 8.09.